The Kier molecular flexibility index (Phi) is 4.06. The van der Waals surface area contributed by atoms with Gasteiger partial charge >= 0.3 is 5.97 Å². The number of hydrogen-bond donors (Lipinski definition) is 1. The monoisotopic (exact) mass is 235 g/mol. The highest BCUT2D eigenvalue weighted by atomic mass is 16.6. The normalized spacial score (nSPS) is 9.00. The zero-order valence-electron chi connectivity index (χ0n) is 8.97. The summed E-state index contributed by atoms with van der Waals surface area (Å²) in [6, 6.07) is 3.61. The summed E-state index contributed by atoms with van der Waals surface area (Å²) in [5.41, 5.74) is -0.168. The summed E-state index contributed by atoms with van der Waals surface area (Å²) in [6.45, 7) is 0. The number of hydrogen-bond acceptors (Lipinski definition) is 5. The minimum Gasteiger partial charge on any atom is -0.508 e. The predicted octanol–water partition coefficient (Wildman–Crippen LogP) is 1.21. The van der Waals surface area contributed by atoms with Crippen LogP contribution < -0.4 is 0 Å². The lowest BCUT2D eigenvalue weighted by Gasteiger charge is -1.96. The standard InChI is InChI=1S/C11H9NO5/c1-17-11(14)4-2-3-8-5-6-9(13)7-10(8)12(15)16/h5-7,13H,4H2,1H3. The molecule has 88 valence electrons. The SMILES string of the molecule is COC(=O)CC#Cc1ccc(O)cc1[N+](=O)[O-]. The van der Waals surface area contributed by atoms with Gasteiger partial charge in [-0.15, -0.1) is 0 Å². The summed E-state index contributed by atoms with van der Waals surface area (Å²) in [7, 11) is 1.23. The quantitative estimate of drug-likeness (QED) is 0.360. The number of phenols is 1. The van der Waals surface area contributed by atoms with Crippen molar-refractivity contribution in [1.29, 1.82) is 0 Å². The molecule has 0 fully saturated rings. The number of carbonyl (C=O) groups is 1. The Bertz CT molecular complexity index is 512. The average molecular weight is 235 g/mol. The van der Waals surface area contributed by atoms with Crippen molar-refractivity contribution in [2.45, 2.75) is 6.42 Å². The number of nitro benzene ring substituents is 1. The Hall–Kier alpha value is -2.55. The molecule has 0 bridgehead atoms. The first-order chi connectivity index (χ1) is 8.04. The van der Waals surface area contributed by atoms with Crippen LogP contribution in [-0.2, 0) is 9.53 Å². The fraction of sp³-hybridized carbons (Fsp3) is 0.182. The van der Waals surface area contributed by atoms with Crippen molar-refractivity contribution >= 4 is 11.7 Å². The number of ether oxygens (including phenoxy) is 1. The van der Waals surface area contributed by atoms with Gasteiger partial charge in [-0.25, -0.2) is 0 Å². The Labute approximate surface area is 97.0 Å². The van der Waals surface area contributed by atoms with Gasteiger partial charge in [0, 0.05) is 0 Å². The summed E-state index contributed by atoms with van der Waals surface area (Å²) < 4.78 is 4.37. The number of benzene rings is 1. The maximum atomic E-state index is 10.8. The maximum Gasteiger partial charge on any atom is 0.317 e. The predicted molar refractivity (Wildman–Crippen MR) is 58.3 cm³/mol. The third-order valence-electron chi connectivity index (χ3n) is 1.86. The van der Waals surface area contributed by atoms with Crippen LogP contribution in [0, 0.1) is 22.0 Å². The second kappa shape index (κ2) is 5.51. The van der Waals surface area contributed by atoms with Crippen LogP contribution in [0.3, 0.4) is 0 Å². The molecule has 1 aromatic rings. The fourth-order valence-corrected chi connectivity index (χ4v) is 1.06. The average Bonchev–Trinajstić information content (AvgIpc) is 2.30. The number of nitro groups is 1. The molecule has 0 saturated heterocycles. The van der Waals surface area contributed by atoms with E-state index in [0.717, 1.165) is 6.07 Å². The van der Waals surface area contributed by atoms with Crippen LogP contribution in [0.2, 0.25) is 0 Å². The summed E-state index contributed by atoms with van der Waals surface area (Å²) in [5.74, 6) is 4.21. The number of rotatable bonds is 2. The van der Waals surface area contributed by atoms with Gasteiger partial charge in [0.1, 0.15) is 17.7 Å². The lowest BCUT2D eigenvalue weighted by Crippen LogP contribution is -1.97. The summed E-state index contributed by atoms with van der Waals surface area (Å²) in [5, 5.41) is 19.8. The topological polar surface area (TPSA) is 89.7 Å². The highest BCUT2D eigenvalue weighted by Crippen LogP contribution is 2.22. The second-order valence-electron chi connectivity index (χ2n) is 3.01. The molecule has 0 aliphatic rings. The van der Waals surface area contributed by atoms with Crippen molar-refractivity contribution in [2.24, 2.45) is 0 Å². The molecule has 6 nitrogen and oxygen atoms in total. The molecule has 1 rings (SSSR count). The summed E-state index contributed by atoms with van der Waals surface area (Å²) in [4.78, 5) is 20.8. The van der Waals surface area contributed by atoms with Crippen LogP contribution in [0.5, 0.6) is 5.75 Å². The molecule has 0 saturated carbocycles. The molecular weight excluding hydrogens is 226 g/mol. The number of methoxy groups -OCH3 is 1. The summed E-state index contributed by atoms with van der Waals surface area (Å²) in [6.07, 6.45) is -0.144. The van der Waals surface area contributed by atoms with Crippen molar-refractivity contribution in [2.75, 3.05) is 7.11 Å². The molecule has 0 aromatic heterocycles. The van der Waals surface area contributed by atoms with Gasteiger partial charge in [-0.1, -0.05) is 11.8 Å². The lowest BCUT2D eigenvalue weighted by molar-refractivity contribution is -0.385. The van der Waals surface area contributed by atoms with Gasteiger partial charge in [0.2, 0.25) is 0 Å². The maximum absolute atomic E-state index is 10.8. The van der Waals surface area contributed by atoms with E-state index in [-0.39, 0.29) is 23.4 Å². The first kappa shape index (κ1) is 12.5. The van der Waals surface area contributed by atoms with Crippen LogP contribution in [0.4, 0.5) is 5.69 Å². The van der Waals surface area contributed by atoms with Gasteiger partial charge in [0.05, 0.1) is 18.1 Å². The molecule has 0 heterocycles. The second-order valence-corrected chi connectivity index (χ2v) is 3.01. The molecule has 0 radical (unpaired) electrons. The zero-order chi connectivity index (χ0) is 12.8. The van der Waals surface area contributed by atoms with E-state index in [2.05, 4.69) is 16.6 Å². The Morgan fingerprint density at radius 3 is 2.88 bits per heavy atom. The van der Waals surface area contributed by atoms with E-state index in [1.54, 1.807) is 0 Å². The van der Waals surface area contributed by atoms with E-state index in [4.69, 9.17) is 5.11 Å². The molecule has 1 N–H and O–H groups in total. The van der Waals surface area contributed by atoms with Crippen molar-refractivity contribution in [3.63, 3.8) is 0 Å². The van der Waals surface area contributed by atoms with Crippen LogP contribution in [-0.4, -0.2) is 23.1 Å². The molecule has 0 aliphatic heterocycles. The molecule has 0 aliphatic carbocycles. The molecule has 0 spiro atoms. The molecule has 0 atom stereocenters. The molecule has 1 aromatic carbocycles. The third-order valence-corrected chi connectivity index (χ3v) is 1.86. The van der Waals surface area contributed by atoms with Gasteiger partial charge in [-0.3, -0.25) is 14.9 Å². The van der Waals surface area contributed by atoms with E-state index in [1.807, 2.05) is 0 Å². The first-order valence-corrected chi connectivity index (χ1v) is 4.57. The van der Waals surface area contributed by atoms with Gasteiger partial charge in [0.15, 0.2) is 0 Å². The van der Waals surface area contributed by atoms with Gasteiger partial charge in [-0.2, -0.15) is 0 Å². The van der Waals surface area contributed by atoms with Gasteiger partial charge in [0.25, 0.3) is 5.69 Å². The summed E-state index contributed by atoms with van der Waals surface area (Å²) >= 11 is 0. The first-order valence-electron chi connectivity index (χ1n) is 4.57. The van der Waals surface area contributed by atoms with Crippen molar-refractivity contribution < 1.29 is 19.6 Å². The highest BCUT2D eigenvalue weighted by molar-refractivity contribution is 5.72. The van der Waals surface area contributed by atoms with Gasteiger partial charge in [-0.05, 0) is 12.1 Å². The minimum atomic E-state index is -0.651. The Balaban J connectivity index is 2.98. The van der Waals surface area contributed by atoms with Crippen LogP contribution >= 0.6 is 0 Å². The number of aromatic hydroxyl groups is 1. The molecule has 6 heteroatoms. The largest absolute Gasteiger partial charge is 0.508 e. The number of nitrogens with zero attached hydrogens (tertiary/aromatic N) is 1. The third kappa shape index (κ3) is 3.50. The van der Waals surface area contributed by atoms with Gasteiger partial charge < -0.3 is 9.84 Å². The minimum absolute atomic E-state index is 0.136. The van der Waals surface area contributed by atoms with Crippen molar-refractivity contribution in [3.8, 4) is 17.6 Å². The number of phenolic OH excluding ortho intramolecular Hbond substituents is 1. The molecule has 17 heavy (non-hydrogen) atoms. The van der Waals surface area contributed by atoms with Crippen LogP contribution in [0.15, 0.2) is 18.2 Å². The van der Waals surface area contributed by atoms with E-state index in [9.17, 15) is 14.9 Å². The van der Waals surface area contributed by atoms with E-state index in [0.29, 0.717) is 0 Å². The zero-order valence-corrected chi connectivity index (χ0v) is 8.97. The fourth-order valence-electron chi connectivity index (χ4n) is 1.06. The van der Waals surface area contributed by atoms with E-state index < -0.39 is 10.9 Å². The van der Waals surface area contributed by atoms with Crippen LogP contribution in [0.25, 0.3) is 0 Å². The van der Waals surface area contributed by atoms with E-state index in [1.165, 1.54) is 19.2 Å². The number of esters is 1. The molecule has 0 amide bonds. The molecular formula is C11H9NO5. The van der Waals surface area contributed by atoms with E-state index >= 15 is 0 Å². The molecule has 0 unspecified atom stereocenters. The van der Waals surface area contributed by atoms with Crippen LogP contribution in [0.1, 0.15) is 12.0 Å². The lowest BCUT2D eigenvalue weighted by atomic mass is 10.1. The van der Waals surface area contributed by atoms with Crippen molar-refractivity contribution in [3.05, 3.63) is 33.9 Å². The number of carbonyl (C=O) groups excluding carboxylic acids is 1. The Morgan fingerprint density at radius 1 is 1.59 bits per heavy atom. The Morgan fingerprint density at radius 2 is 2.29 bits per heavy atom. The van der Waals surface area contributed by atoms with Crippen molar-refractivity contribution in [1.82, 2.24) is 0 Å². The highest BCUT2D eigenvalue weighted by Gasteiger charge is 2.12. The smallest absolute Gasteiger partial charge is 0.317 e.